The number of aromatic carboxylic acids is 1. The lowest BCUT2D eigenvalue weighted by atomic mass is 9.80. The molecule has 0 saturated carbocycles. The zero-order chi connectivity index (χ0) is 17.3. The van der Waals surface area contributed by atoms with Crippen LogP contribution in [0.4, 0.5) is 0 Å². The highest BCUT2D eigenvalue weighted by Crippen LogP contribution is 2.44. The van der Waals surface area contributed by atoms with Crippen molar-refractivity contribution in [2.45, 2.75) is 24.9 Å². The quantitative estimate of drug-likeness (QED) is 0.876. The predicted molar refractivity (Wildman–Crippen MR) is 97.8 cm³/mol. The lowest BCUT2D eigenvalue weighted by Crippen LogP contribution is -2.47. The first-order valence-electron chi connectivity index (χ1n) is 8.68. The maximum absolute atomic E-state index is 11.0. The summed E-state index contributed by atoms with van der Waals surface area (Å²) in [6, 6.07) is 15.2. The highest BCUT2D eigenvalue weighted by molar-refractivity contribution is 5.89. The summed E-state index contributed by atoms with van der Waals surface area (Å²) in [6.45, 7) is 1.95. The molecule has 128 valence electrons. The summed E-state index contributed by atoms with van der Waals surface area (Å²) in [7, 11) is 0. The third-order valence-corrected chi connectivity index (χ3v) is 5.09. The monoisotopic (exact) mass is 335 g/mol. The van der Waals surface area contributed by atoms with Gasteiger partial charge < -0.3 is 15.2 Å². The Balaban J connectivity index is 1.72. The predicted octanol–water partition coefficient (Wildman–Crippen LogP) is 3.83. The molecule has 2 aliphatic rings. The summed E-state index contributed by atoms with van der Waals surface area (Å²) in [5, 5.41) is 12.5. The van der Waals surface area contributed by atoms with Gasteiger partial charge in [0.05, 0.1) is 5.56 Å². The number of hydrogen-bond acceptors (Lipinski definition) is 3. The Bertz CT molecular complexity index is 817. The van der Waals surface area contributed by atoms with Crippen molar-refractivity contribution in [3.63, 3.8) is 0 Å². The van der Waals surface area contributed by atoms with Gasteiger partial charge in [-0.1, -0.05) is 36.4 Å². The van der Waals surface area contributed by atoms with E-state index in [-0.39, 0.29) is 5.60 Å². The molecule has 4 heteroatoms. The number of ether oxygens (including phenoxy) is 1. The van der Waals surface area contributed by atoms with Gasteiger partial charge >= 0.3 is 5.97 Å². The van der Waals surface area contributed by atoms with Crippen molar-refractivity contribution < 1.29 is 14.6 Å². The van der Waals surface area contributed by atoms with Gasteiger partial charge in [0, 0.05) is 12.0 Å². The van der Waals surface area contributed by atoms with E-state index in [0.717, 1.165) is 49.2 Å². The first kappa shape index (κ1) is 15.9. The zero-order valence-corrected chi connectivity index (χ0v) is 14.0. The Morgan fingerprint density at radius 1 is 1.08 bits per heavy atom. The molecule has 1 fully saturated rings. The van der Waals surface area contributed by atoms with Crippen LogP contribution in [0.25, 0.3) is 11.6 Å². The normalized spacial score (nSPS) is 20.1. The molecule has 1 saturated heterocycles. The molecule has 2 aromatic carbocycles. The fraction of sp³-hybridized carbons (Fsp3) is 0.286. The Morgan fingerprint density at radius 3 is 2.52 bits per heavy atom. The van der Waals surface area contributed by atoms with Gasteiger partial charge in [0.2, 0.25) is 0 Å². The van der Waals surface area contributed by atoms with E-state index in [9.17, 15) is 4.79 Å². The summed E-state index contributed by atoms with van der Waals surface area (Å²) in [5.41, 5.74) is 3.58. The summed E-state index contributed by atoms with van der Waals surface area (Å²) in [4.78, 5) is 11.0. The van der Waals surface area contributed by atoms with Gasteiger partial charge in [0.25, 0.3) is 0 Å². The van der Waals surface area contributed by atoms with Crippen molar-refractivity contribution in [3.8, 4) is 5.75 Å². The van der Waals surface area contributed by atoms with Crippen molar-refractivity contribution in [1.82, 2.24) is 5.32 Å². The van der Waals surface area contributed by atoms with Crippen molar-refractivity contribution in [2.24, 2.45) is 0 Å². The molecular formula is C21H21NO3. The Hall–Kier alpha value is -2.59. The second-order valence-electron chi connectivity index (χ2n) is 6.80. The Morgan fingerprint density at radius 2 is 1.80 bits per heavy atom. The molecule has 2 aromatic rings. The fourth-order valence-corrected chi connectivity index (χ4v) is 3.75. The topological polar surface area (TPSA) is 58.6 Å². The lowest BCUT2D eigenvalue weighted by Gasteiger charge is -2.42. The SMILES string of the molecule is O=C(O)c1ccc(C=C2CC3(CCNCC3)Oc3ccccc32)cc1. The first-order chi connectivity index (χ1) is 12.2. The molecule has 0 unspecified atom stereocenters. The molecule has 4 rings (SSSR count). The number of nitrogens with one attached hydrogen (secondary N) is 1. The van der Waals surface area contributed by atoms with Crippen LogP contribution in [0.5, 0.6) is 5.75 Å². The van der Waals surface area contributed by atoms with E-state index >= 15 is 0 Å². The second-order valence-corrected chi connectivity index (χ2v) is 6.80. The van der Waals surface area contributed by atoms with Crippen LogP contribution in [0, 0.1) is 0 Å². The smallest absolute Gasteiger partial charge is 0.335 e. The van der Waals surface area contributed by atoms with Crippen LogP contribution >= 0.6 is 0 Å². The number of hydrogen-bond donors (Lipinski definition) is 2. The van der Waals surface area contributed by atoms with Gasteiger partial charge in [-0.3, -0.25) is 0 Å². The minimum absolute atomic E-state index is 0.132. The van der Waals surface area contributed by atoms with Crippen LogP contribution in [0.1, 0.15) is 40.7 Å². The van der Waals surface area contributed by atoms with Gasteiger partial charge in [0.15, 0.2) is 0 Å². The molecule has 1 spiro atoms. The number of rotatable bonds is 2. The van der Waals surface area contributed by atoms with Crippen molar-refractivity contribution >= 4 is 17.6 Å². The number of carbonyl (C=O) groups is 1. The molecule has 2 N–H and O–H groups in total. The van der Waals surface area contributed by atoms with Crippen LogP contribution in [0.15, 0.2) is 48.5 Å². The molecule has 2 aliphatic heterocycles. The standard InChI is InChI=1S/C21H21NO3/c23-20(24)16-7-5-15(6-8-16)13-17-14-21(9-11-22-12-10-21)25-19-4-2-1-3-18(17)19/h1-8,13,22H,9-12,14H2,(H,23,24). The van der Waals surface area contributed by atoms with Gasteiger partial charge in [-0.25, -0.2) is 4.79 Å². The van der Waals surface area contributed by atoms with E-state index in [1.165, 1.54) is 5.57 Å². The molecule has 0 aliphatic carbocycles. The van der Waals surface area contributed by atoms with Gasteiger partial charge in [-0.15, -0.1) is 0 Å². The Labute approximate surface area is 147 Å². The number of fused-ring (bicyclic) bond motifs is 1. The molecule has 0 amide bonds. The summed E-state index contributed by atoms with van der Waals surface area (Å²) >= 11 is 0. The molecule has 0 bridgehead atoms. The van der Waals surface area contributed by atoms with Crippen molar-refractivity contribution in [1.29, 1.82) is 0 Å². The number of piperidine rings is 1. The lowest BCUT2D eigenvalue weighted by molar-refractivity contribution is 0.0359. The third-order valence-electron chi connectivity index (χ3n) is 5.09. The average molecular weight is 335 g/mol. The van der Waals surface area contributed by atoms with Crippen molar-refractivity contribution in [2.75, 3.05) is 13.1 Å². The largest absolute Gasteiger partial charge is 0.486 e. The van der Waals surface area contributed by atoms with Gasteiger partial charge in [-0.2, -0.15) is 0 Å². The minimum Gasteiger partial charge on any atom is -0.486 e. The van der Waals surface area contributed by atoms with Crippen LogP contribution in [-0.4, -0.2) is 29.8 Å². The zero-order valence-electron chi connectivity index (χ0n) is 14.0. The van der Waals surface area contributed by atoms with Crippen LogP contribution in [0.2, 0.25) is 0 Å². The molecule has 0 atom stereocenters. The number of carboxylic acid groups (broad SMARTS) is 1. The van der Waals surface area contributed by atoms with E-state index in [1.54, 1.807) is 12.1 Å². The third kappa shape index (κ3) is 3.17. The van der Waals surface area contributed by atoms with E-state index in [2.05, 4.69) is 17.5 Å². The number of benzene rings is 2. The maximum atomic E-state index is 11.0. The average Bonchev–Trinajstić information content (AvgIpc) is 2.63. The van der Waals surface area contributed by atoms with E-state index < -0.39 is 5.97 Å². The van der Waals surface area contributed by atoms with E-state index in [4.69, 9.17) is 9.84 Å². The van der Waals surface area contributed by atoms with E-state index in [1.807, 2.05) is 30.3 Å². The van der Waals surface area contributed by atoms with Crippen molar-refractivity contribution in [3.05, 3.63) is 65.2 Å². The van der Waals surface area contributed by atoms with Crippen LogP contribution in [-0.2, 0) is 0 Å². The van der Waals surface area contributed by atoms with Crippen LogP contribution < -0.4 is 10.1 Å². The number of para-hydroxylation sites is 1. The second kappa shape index (κ2) is 6.37. The molecular weight excluding hydrogens is 314 g/mol. The Kier molecular flexibility index (Phi) is 4.06. The molecule has 0 radical (unpaired) electrons. The van der Waals surface area contributed by atoms with E-state index in [0.29, 0.717) is 5.56 Å². The van der Waals surface area contributed by atoms with Crippen LogP contribution in [0.3, 0.4) is 0 Å². The first-order valence-corrected chi connectivity index (χ1v) is 8.68. The summed E-state index contributed by atoms with van der Waals surface area (Å²) in [5.74, 6) is 0.0494. The fourth-order valence-electron chi connectivity index (χ4n) is 3.75. The molecule has 4 nitrogen and oxygen atoms in total. The van der Waals surface area contributed by atoms with Gasteiger partial charge in [-0.05, 0) is 55.3 Å². The minimum atomic E-state index is -0.899. The summed E-state index contributed by atoms with van der Waals surface area (Å²) < 4.78 is 6.42. The molecule has 2 heterocycles. The highest BCUT2D eigenvalue weighted by atomic mass is 16.5. The number of carboxylic acids is 1. The van der Waals surface area contributed by atoms with Gasteiger partial charge in [0.1, 0.15) is 11.4 Å². The highest BCUT2D eigenvalue weighted by Gasteiger charge is 2.39. The molecule has 0 aromatic heterocycles. The maximum Gasteiger partial charge on any atom is 0.335 e. The molecule has 25 heavy (non-hydrogen) atoms. The summed E-state index contributed by atoms with van der Waals surface area (Å²) in [6.07, 6.45) is 5.04.